The largest absolute Gasteiger partial charge is 0.396 e. The summed E-state index contributed by atoms with van der Waals surface area (Å²) >= 11 is 0. The zero-order valence-corrected chi connectivity index (χ0v) is 11.4. The first-order valence-electron chi connectivity index (χ1n) is 6.00. The van der Waals surface area contributed by atoms with E-state index in [1.54, 1.807) is 12.3 Å². The number of nitrogens with one attached hydrogen (secondary N) is 1. The van der Waals surface area contributed by atoms with Gasteiger partial charge in [-0.25, -0.2) is 13.1 Å². The monoisotopic (exact) mass is 280 g/mol. The lowest BCUT2D eigenvalue weighted by atomic mass is 10.2. The molecule has 0 unspecified atom stereocenters. The third-order valence-electron chi connectivity index (χ3n) is 2.73. The summed E-state index contributed by atoms with van der Waals surface area (Å²) < 4.78 is 26.8. The van der Waals surface area contributed by atoms with E-state index < -0.39 is 10.0 Å². The molecule has 19 heavy (non-hydrogen) atoms. The van der Waals surface area contributed by atoms with Crippen molar-refractivity contribution in [2.45, 2.75) is 18.2 Å². The Kier molecular flexibility index (Phi) is 4.14. The third kappa shape index (κ3) is 3.09. The highest BCUT2D eigenvalue weighted by Crippen LogP contribution is 2.21. The average Bonchev–Trinajstić information content (AvgIpc) is 2.37. The Morgan fingerprint density at radius 3 is 2.89 bits per heavy atom. The summed E-state index contributed by atoms with van der Waals surface area (Å²) in [4.78, 5) is 4.38. The summed E-state index contributed by atoms with van der Waals surface area (Å²) in [5.41, 5.74) is 1.44. The highest BCUT2D eigenvalue weighted by atomic mass is 32.2. The normalized spacial score (nSPS) is 11.9. The zero-order chi connectivity index (χ0) is 13.9. The van der Waals surface area contributed by atoms with E-state index in [1.807, 2.05) is 19.1 Å². The Labute approximate surface area is 112 Å². The van der Waals surface area contributed by atoms with Gasteiger partial charge >= 0.3 is 0 Å². The van der Waals surface area contributed by atoms with Crippen molar-refractivity contribution in [3.63, 3.8) is 0 Å². The molecule has 0 saturated heterocycles. The minimum atomic E-state index is -3.60. The van der Waals surface area contributed by atoms with Crippen LogP contribution in [0.2, 0.25) is 0 Å². The van der Waals surface area contributed by atoms with Crippen molar-refractivity contribution in [2.75, 3.05) is 13.2 Å². The lowest BCUT2D eigenvalue weighted by Crippen LogP contribution is -2.25. The molecule has 1 aromatic heterocycles. The van der Waals surface area contributed by atoms with Crippen LogP contribution in [0.1, 0.15) is 12.0 Å². The van der Waals surface area contributed by atoms with Crippen LogP contribution < -0.4 is 4.72 Å². The van der Waals surface area contributed by atoms with Gasteiger partial charge in [0.05, 0.1) is 5.52 Å². The molecule has 1 aromatic carbocycles. The van der Waals surface area contributed by atoms with Gasteiger partial charge in [0.25, 0.3) is 0 Å². The van der Waals surface area contributed by atoms with E-state index in [0.717, 1.165) is 10.9 Å². The Bertz CT molecular complexity index is 683. The Morgan fingerprint density at radius 1 is 1.37 bits per heavy atom. The van der Waals surface area contributed by atoms with Gasteiger partial charge in [0.2, 0.25) is 10.0 Å². The summed E-state index contributed by atoms with van der Waals surface area (Å²) in [6, 6.07) is 6.97. The van der Waals surface area contributed by atoms with Gasteiger partial charge in [-0.1, -0.05) is 12.1 Å². The van der Waals surface area contributed by atoms with E-state index in [9.17, 15) is 8.42 Å². The fourth-order valence-electron chi connectivity index (χ4n) is 1.82. The molecule has 102 valence electrons. The van der Waals surface area contributed by atoms with Gasteiger partial charge in [-0.05, 0) is 31.0 Å². The van der Waals surface area contributed by atoms with Gasteiger partial charge in [-0.15, -0.1) is 0 Å². The summed E-state index contributed by atoms with van der Waals surface area (Å²) in [5.74, 6) is 0. The van der Waals surface area contributed by atoms with Gasteiger partial charge in [0, 0.05) is 24.7 Å². The van der Waals surface area contributed by atoms with Crippen molar-refractivity contribution >= 4 is 20.9 Å². The zero-order valence-electron chi connectivity index (χ0n) is 10.6. The second-order valence-corrected chi connectivity index (χ2v) is 6.05. The van der Waals surface area contributed by atoms with E-state index in [4.69, 9.17) is 5.11 Å². The van der Waals surface area contributed by atoms with Gasteiger partial charge in [-0.3, -0.25) is 4.98 Å². The molecule has 0 amide bonds. The molecule has 2 aromatic rings. The molecule has 0 spiro atoms. The molecule has 1 heterocycles. The first-order valence-corrected chi connectivity index (χ1v) is 7.49. The lowest BCUT2D eigenvalue weighted by Gasteiger charge is -2.08. The molecule has 0 aliphatic rings. The fraction of sp³-hybridized carbons (Fsp3) is 0.308. The topological polar surface area (TPSA) is 79.3 Å². The number of aliphatic hydroxyl groups is 1. The SMILES string of the molecule is Cc1cnc2c(S(=O)(=O)NCCCO)cccc2c1. The maximum Gasteiger partial charge on any atom is 0.242 e. The molecule has 0 aliphatic heterocycles. The average molecular weight is 280 g/mol. The summed E-state index contributed by atoms with van der Waals surface area (Å²) in [6.45, 7) is 2.07. The number of aliphatic hydroxyl groups excluding tert-OH is 1. The molecular formula is C13H16N2O3S. The Balaban J connectivity index is 2.44. The fourth-order valence-corrected chi connectivity index (χ4v) is 3.07. The third-order valence-corrected chi connectivity index (χ3v) is 4.22. The molecule has 0 bridgehead atoms. The number of hydrogen-bond donors (Lipinski definition) is 2. The number of rotatable bonds is 5. The van der Waals surface area contributed by atoms with Crippen molar-refractivity contribution < 1.29 is 13.5 Å². The predicted molar refractivity (Wildman–Crippen MR) is 73.4 cm³/mol. The van der Waals surface area contributed by atoms with E-state index in [0.29, 0.717) is 11.9 Å². The highest BCUT2D eigenvalue weighted by molar-refractivity contribution is 7.89. The van der Waals surface area contributed by atoms with E-state index >= 15 is 0 Å². The number of aromatic nitrogens is 1. The number of sulfonamides is 1. The number of para-hydroxylation sites is 1. The summed E-state index contributed by atoms with van der Waals surface area (Å²) in [7, 11) is -3.60. The van der Waals surface area contributed by atoms with Crippen molar-refractivity contribution in [1.82, 2.24) is 9.71 Å². The molecule has 2 N–H and O–H groups in total. The maximum absolute atomic E-state index is 12.2. The van der Waals surface area contributed by atoms with Crippen LogP contribution in [-0.4, -0.2) is 31.7 Å². The van der Waals surface area contributed by atoms with E-state index in [2.05, 4.69) is 9.71 Å². The van der Waals surface area contributed by atoms with Crippen LogP contribution >= 0.6 is 0 Å². The maximum atomic E-state index is 12.2. The van der Waals surface area contributed by atoms with Crippen LogP contribution in [0.15, 0.2) is 35.4 Å². The van der Waals surface area contributed by atoms with Crippen molar-refractivity contribution in [2.24, 2.45) is 0 Å². The Morgan fingerprint density at radius 2 is 2.16 bits per heavy atom. The molecular weight excluding hydrogens is 264 g/mol. The van der Waals surface area contributed by atoms with Crippen molar-refractivity contribution in [1.29, 1.82) is 0 Å². The van der Waals surface area contributed by atoms with Crippen LogP contribution in [-0.2, 0) is 10.0 Å². The first kappa shape index (κ1) is 13.9. The second-order valence-electron chi connectivity index (χ2n) is 4.32. The molecule has 5 nitrogen and oxygen atoms in total. The van der Waals surface area contributed by atoms with Crippen LogP contribution in [0.25, 0.3) is 10.9 Å². The smallest absolute Gasteiger partial charge is 0.242 e. The van der Waals surface area contributed by atoms with Crippen LogP contribution in [0.5, 0.6) is 0 Å². The van der Waals surface area contributed by atoms with Crippen LogP contribution in [0, 0.1) is 6.92 Å². The van der Waals surface area contributed by atoms with Crippen molar-refractivity contribution in [3.8, 4) is 0 Å². The molecule has 6 heteroatoms. The Hall–Kier alpha value is -1.50. The van der Waals surface area contributed by atoms with Crippen molar-refractivity contribution in [3.05, 3.63) is 36.0 Å². The lowest BCUT2D eigenvalue weighted by molar-refractivity contribution is 0.289. The number of hydrogen-bond acceptors (Lipinski definition) is 4. The summed E-state index contributed by atoms with van der Waals surface area (Å²) in [5, 5.41) is 9.49. The van der Waals surface area contributed by atoms with Crippen LogP contribution in [0.3, 0.4) is 0 Å². The molecule has 0 aliphatic carbocycles. The number of aryl methyl sites for hydroxylation is 1. The number of fused-ring (bicyclic) bond motifs is 1. The molecule has 0 atom stereocenters. The predicted octanol–water partition coefficient (Wildman–Crippen LogP) is 1.20. The number of benzene rings is 1. The van der Waals surface area contributed by atoms with E-state index in [1.165, 1.54) is 6.07 Å². The molecule has 0 saturated carbocycles. The van der Waals surface area contributed by atoms with Gasteiger partial charge < -0.3 is 5.11 Å². The molecule has 0 fully saturated rings. The second kappa shape index (κ2) is 5.64. The highest BCUT2D eigenvalue weighted by Gasteiger charge is 2.17. The quantitative estimate of drug-likeness (QED) is 0.807. The number of pyridine rings is 1. The molecule has 2 rings (SSSR count). The summed E-state index contributed by atoms with van der Waals surface area (Å²) in [6.07, 6.45) is 2.03. The minimum absolute atomic E-state index is 0.0461. The van der Waals surface area contributed by atoms with E-state index in [-0.39, 0.29) is 18.0 Å². The van der Waals surface area contributed by atoms with Gasteiger partial charge in [-0.2, -0.15) is 0 Å². The molecule has 0 radical (unpaired) electrons. The first-order chi connectivity index (χ1) is 9.04. The van der Waals surface area contributed by atoms with Crippen LogP contribution in [0.4, 0.5) is 0 Å². The standard InChI is InChI=1S/C13H16N2O3S/c1-10-8-11-4-2-5-12(13(11)14-9-10)19(17,18)15-6-3-7-16/h2,4-5,8-9,15-16H,3,6-7H2,1H3. The van der Waals surface area contributed by atoms with Gasteiger partial charge in [0.1, 0.15) is 4.90 Å². The minimum Gasteiger partial charge on any atom is -0.396 e. The van der Waals surface area contributed by atoms with Gasteiger partial charge in [0.15, 0.2) is 0 Å². The number of nitrogens with zero attached hydrogens (tertiary/aromatic N) is 1.